The monoisotopic (exact) mass is 216 g/mol. The molecule has 0 bridgehead atoms. The highest BCUT2D eigenvalue weighted by atomic mass is 19.3. The first-order valence-corrected chi connectivity index (χ1v) is 4.31. The highest BCUT2D eigenvalue weighted by Gasteiger charge is 2.21. The maximum Gasteiger partial charge on any atom is 0.339 e. The zero-order valence-electron chi connectivity index (χ0n) is 8.24. The van der Waals surface area contributed by atoms with Gasteiger partial charge in [0, 0.05) is 12.1 Å². The molecule has 0 aliphatic carbocycles. The van der Waals surface area contributed by atoms with Gasteiger partial charge in [-0.25, -0.2) is 23.5 Å². The maximum atomic E-state index is 12.5. The molecule has 15 heavy (non-hydrogen) atoms. The highest BCUT2D eigenvalue weighted by molar-refractivity contribution is 5.88. The largest absolute Gasteiger partial charge is 0.478 e. The van der Waals surface area contributed by atoms with Crippen LogP contribution in [0.4, 0.5) is 8.78 Å². The highest BCUT2D eigenvalue weighted by Crippen LogP contribution is 2.22. The Bertz CT molecular complexity index is 380. The van der Waals surface area contributed by atoms with Crippen molar-refractivity contribution in [3.8, 4) is 0 Å². The van der Waals surface area contributed by atoms with Crippen molar-refractivity contribution in [1.82, 2.24) is 9.97 Å². The standard InChI is InChI=1S/C9H10F2N2O2/c1-4(2)8-12-3-5(9(14)15)6(13-8)7(10)11/h3-4,7H,1-2H3,(H,14,15). The number of carbonyl (C=O) groups is 1. The first-order valence-electron chi connectivity index (χ1n) is 4.31. The van der Waals surface area contributed by atoms with E-state index in [4.69, 9.17) is 5.11 Å². The quantitative estimate of drug-likeness (QED) is 0.841. The van der Waals surface area contributed by atoms with Gasteiger partial charge >= 0.3 is 5.97 Å². The summed E-state index contributed by atoms with van der Waals surface area (Å²) in [5, 5.41) is 8.63. The lowest BCUT2D eigenvalue weighted by Crippen LogP contribution is -2.10. The molecule has 1 rings (SSSR count). The van der Waals surface area contributed by atoms with E-state index in [0.717, 1.165) is 6.20 Å². The molecule has 6 heteroatoms. The van der Waals surface area contributed by atoms with Gasteiger partial charge in [-0.2, -0.15) is 0 Å². The van der Waals surface area contributed by atoms with Gasteiger partial charge in [0.2, 0.25) is 0 Å². The topological polar surface area (TPSA) is 63.1 Å². The summed E-state index contributed by atoms with van der Waals surface area (Å²) in [5.74, 6) is -1.35. The fourth-order valence-corrected chi connectivity index (χ4v) is 1.02. The molecule has 0 aliphatic rings. The first-order chi connectivity index (χ1) is 6.93. The van der Waals surface area contributed by atoms with E-state index >= 15 is 0 Å². The molecular formula is C9H10F2N2O2. The van der Waals surface area contributed by atoms with E-state index < -0.39 is 23.7 Å². The summed E-state index contributed by atoms with van der Waals surface area (Å²) in [4.78, 5) is 17.9. The van der Waals surface area contributed by atoms with Crippen LogP contribution in [0.25, 0.3) is 0 Å². The second-order valence-corrected chi connectivity index (χ2v) is 3.29. The summed E-state index contributed by atoms with van der Waals surface area (Å²) < 4.78 is 25.0. The van der Waals surface area contributed by atoms with Crippen molar-refractivity contribution < 1.29 is 18.7 Å². The molecule has 0 spiro atoms. The van der Waals surface area contributed by atoms with Gasteiger partial charge in [-0.15, -0.1) is 0 Å². The van der Waals surface area contributed by atoms with Crippen LogP contribution in [0.15, 0.2) is 6.20 Å². The average Bonchev–Trinajstić information content (AvgIpc) is 2.16. The van der Waals surface area contributed by atoms with Crippen molar-refractivity contribution in [2.75, 3.05) is 0 Å². The molecule has 0 radical (unpaired) electrons. The Labute approximate surface area is 85.0 Å². The van der Waals surface area contributed by atoms with Crippen molar-refractivity contribution >= 4 is 5.97 Å². The fraction of sp³-hybridized carbons (Fsp3) is 0.444. The van der Waals surface area contributed by atoms with E-state index in [2.05, 4.69) is 9.97 Å². The smallest absolute Gasteiger partial charge is 0.339 e. The molecule has 0 saturated carbocycles. The lowest BCUT2D eigenvalue weighted by atomic mass is 10.1. The first kappa shape index (κ1) is 11.5. The Morgan fingerprint density at radius 1 is 1.47 bits per heavy atom. The van der Waals surface area contributed by atoms with E-state index in [1.54, 1.807) is 13.8 Å². The minimum Gasteiger partial charge on any atom is -0.478 e. The number of aromatic carboxylic acids is 1. The molecule has 4 nitrogen and oxygen atoms in total. The normalized spacial score (nSPS) is 11.1. The van der Waals surface area contributed by atoms with Gasteiger partial charge in [-0.3, -0.25) is 0 Å². The maximum absolute atomic E-state index is 12.5. The molecule has 1 heterocycles. The molecule has 0 unspecified atom stereocenters. The number of aromatic nitrogens is 2. The SMILES string of the molecule is CC(C)c1ncc(C(=O)O)c(C(F)F)n1. The zero-order chi connectivity index (χ0) is 11.6. The van der Waals surface area contributed by atoms with Crippen LogP contribution in [0.1, 0.15) is 48.1 Å². The van der Waals surface area contributed by atoms with Crippen molar-refractivity contribution in [2.45, 2.75) is 26.2 Å². The van der Waals surface area contributed by atoms with Gasteiger partial charge in [0.25, 0.3) is 6.43 Å². The summed E-state index contributed by atoms with van der Waals surface area (Å²) in [5.41, 5.74) is -1.27. The van der Waals surface area contributed by atoms with Gasteiger partial charge in [-0.1, -0.05) is 13.8 Å². The van der Waals surface area contributed by atoms with Crippen LogP contribution in [-0.2, 0) is 0 Å². The molecule has 1 aromatic rings. The summed E-state index contributed by atoms with van der Waals surface area (Å²) >= 11 is 0. The van der Waals surface area contributed by atoms with Gasteiger partial charge in [0.1, 0.15) is 17.1 Å². The number of hydrogen-bond acceptors (Lipinski definition) is 3. The van der Waals surface area contributed by atoms with E-state index in [9.17, 15) is 13.6 Å². The molecule has 82 valence electrons. The van der Waals surface area contributed by atoms with Crippen LogP contribution >= 0.6 is 0 Å². The summed E-state index contributed by atoms with van der Waals surface area (Å²) in [6.07, 6.45) is -1.98. The number of alkyl halides is 2. The Morgan fingerprint density at radius 2 is 2.07 bits per heavy atom. The third-order valence-electron chi connectivity index (χ3n) is 1.79. The van der Waals surface area contributed by atoms with Gasteiger partial charge in [0.05, 0.1) is 0 Å². The minimum atomic E-state index is -2.91. The Hall–Kier alpha value is -1.59. The molecule has 0 saturated heterocycles. The number of hydrogen-bond donors (Lipinski definition) is 1. The number of carboxylic acids is 1. The fourth-order valence-electron chi connectivity index (χ4n) is 1.02. The van der Waals surface area contributed by atoms with Gasteiger partial charge < -0.3 is 5.11 Å². The molecule has 0 atom stereocenters. The lowest BCUT2D eigenvalue weighted by Gasteiger charge is -2.08. The number of rotatable bonds is 3. The van der Waals surface area contributed by atoms with E-state index in [0.29, 0.717) is 0 Å². The van der Waals surface area contributed by atoms with E-state index in [1.807, 2.05) is 0 Å². The molecule has 0 aliphatic heterocycles. The van der Waals surface area contributed by atoms with Crippen molar-refractivity contribution in [3.63, 3.8) is 0 Å². The van der Waals surface area contributed by atoms with Crippen LogP contribution in [-0.4, -0.2) is 21.0 Å². The Kier molecular flexibility index (Phi) is 3.28. The van der Waals surface area contributed by atoms with Crippen molar-refractivity contribution in [2.24, 2.45) is 0 Å². The third-order valence-corrected chi connectivity index (χ3v) is 1.79. The molecular weight excluding hydrogens is 206 g/mol. The summed E-state index contributed by atoms with van der Waals surface area (Å²) in [6, 6.07) is 0. The van der Waals surface area contributed by atoms with Crippen molar-refractivity contribution in [1.29, 1.82) is 0 Å². The predicted octanol–water partition coefficient (Wildman–Crippen LogP) is 2.24. The van der Waals surface area contributed by atoms with E-state index in [-0.39, 0.29) is 11.7 Å². The number of nitrogens with zero attached hydrogens (tertiary/aromatic N) is 2. The van der Waals surface area contributed by atoms with Crippen LogP contribution in [0.3, 0.4) is 0 Å². The minimum absolute atomic E-state index is 0.120. The number of carboxylic acid groups (broad SMARTS) is 1. The summed E-state index contributed by atoms with van der Waals surface area (Å²) in [7, 11) is 0. The second-order valence-electron chi connectivity index (χ2n) is 3.29. The molecule has 1 N–H and O–H groups in total. The second kappa shape index (κ2) is 4.29. The molecule has 0 aromatic carbocycles. The van der Waals surface area contributed by atoms with Crippen LogP contribution in [0, 0.1) is 0 Å². The Morgan fingerprint density at radius 3 is 2.47 bits per heavy atom. The van der Waals surface area contributed by atoms with Crippen LogP contribution in [0.5, 0.6) is 0 Å². The zero-order valence-corrected chi connectivity index (χ0v) is 8.24. The predicted molar refractivity (Wildman–Crippen MR) is 48.0 cm³/mol. The molecule has 1 aromatic heterocycles. The number of halogens is 2. The van der Waals surface area contributed by atoms with Crippen LogP contribution < -0.4 is 0 Å². The van der Waals surface area contributed by atoms with E-state index in [1.165, 1.54) is 0 Å². The average molecular weight is 216 g/mol. The Balaban J connectivity index is 3.27. The summed E-state index contributed by atoms with van der Waals surface area (Å²) in [6.45, 7) is 3.48. The third kappa shape index (κ3) is 2.45. The molecule has 0 fully saturated rings. The lowest BCUT2D eigenvalue weighted by molar-refractivity contribution is 0.0681. The molecule has 0 amide bonds. The van der Waals surface area contributed by atoms with Gasteiger partial charge in [0.15, 0.2) is 0 Å². The van der Waals surface area contributed by atoms with Gasteiger partial charge in [-0.05, 0) is 0 Å². The van der Waals surface area contributed by atoms with Crippen LogP contribution in [0.2, 0.25) is 0 Å². The van der Waals surface area contributed by atoms with Crippen molar-refractivity contribution in [3.05, 3.63) is 23.3 Å².